The highest BCUT2D eigenvalue weighted by molar-refractivity contribution is 5.20. The van der Waals surface area contributed by atoms with E-state index < -0.39 is 0 Å². The molecule has 156 valence electrons. The molecule has 2 rings (SSSR count). The molecule has 2 aliphatic rings. The van der Waals surface area contributed by atoms with Crippen LogP contribution in [0.2, 0.25) is 0 Å². The highest BCUT2D eigenvalue weighted by atomic mass is 16.3. The average molecular weight is 376 g/mol. The maximum Gasteiger partial charge on any atom is 0.0611 e. The van der Waals surface area contributed by atoms with Crippen LogP contribution in [0.1, 0.15) is 84.5 Å². The van der Waals surface area contributed by atoms with Crippen molar-refractivity contribution in [3.8, 4) is 0 Å². The van der Waals surface area contributed by atoms with E-state index in [-0.39, 0.29) is 6.10 Å². The molecule has 0 amide bonds. The quantitative estimate of drug-likeness (QED) is 0.305. The van der Waals surface area contributed by atoms with Gasteiger partial charge in [0.1, 0.15) is 0 Å². The third-order valence-corrected chi connectivity index (χ3v) is 6.79. The Morgan fingerprint density at radius 1 is 1.19 bits per heavy atom. The van der Waals surface area contributed by atoms with E-state index in [0.717, 1.165) is 12.3 Å². The Hall–Kier alpha value is -0.600. The number of fused-ring (bicyclic) bond motifs is 1. The molecule has 0 unspecified atom stereocenters. The summed E-state index contributed by atoms with van der Waals surface area (Å²) in [7, 11) is 4.32. The molecule has 2 nitrogen and oxygen atoms in total. The summed E-state index contributed by atoms with van der Waals surface area (Å²) in [4.78, 5) is 2.28. The van der Waals surface area contributed by atoms with Crippen LogP contribution in [0.5, 0.6) is 0 Å². The summed E-state index contributed by atoms with van der Waals surface area (Å²) >= 11 is 0. The van der Waals surface area contributed by atoms with Crippen LogP contribution in [0.25, 0.3) is 0 Å². The fourth-order valence-electron chi connectivity index (χ4n) is 5.08. The third kappa shape index (κ3) is 7.74. The van der Waals surface area contributed by atoms with Crippen LogP contribution in [-0.4, -0.2) is 36.8 Å². The zero-order valence-corrected chi connectivity index (χ0v) is 18.5. The molecular formula is C25H45NO. The average Bonchev–Trinajstić information content (AvgIpc) is 3.13. The van der Waals surface area contributed by atoms with Crippen molar-refractivity contribution in [2.75, 3.05) is 20.6 Å². The maximum absolute atomic E-state index is 10.5. The number of nitrogens with zero attached hydrogens (tertiary/aromatic N) is 1. The summed E-state index contributed by atoms with van der Waals surface area (Å²) < 4.78 is 0. The number of unbranched alkanes of at least 4 members (excludes halogenated alkanes) is 3. The van der Waals surface area contributed by atoms with Gasteiger partial charge in [0, 0.05) is 5.92 Å². The first kappa shape index (κ1) is 22.7. The van der Waals surface area contributed by atoms with Gasteiger partial charge in [-0.25, -0.2) is 0 Å². The number of hydrogen-bond donors (Lipinski definition) is 1. The first-order valence-corrected chi connectivity index (χ1v) is 11.7. The highest BCUT2D eigenvalue weighted by Crippen LogP contribution is 2.48. The van der Waals surface area contributed by atoms with Gasteiger partial charge in [-0.1, -0.05) is 63.3 Å². The Balaban J connectivity index is 1.69. The van der Waals surface area contributed by atoms with Crippen molar-refractivity contribution in [1.29, 1.82) is 0 Å². The number of allylic oxidation sites excluding steroid dienone is 3. The lowest BCUT2D eigenvalue weighted by Gasteiger charge is -2.18. The van der Waals surface area contributed by atoms with Crippen molar-refractivity contribution in [2.45, 2.75) is 90.6 Å². The third-order valence-electron chi connectivity index (χ3n) is 6.79. The summed E-state index contributed by atoms with van der Waals surface area (Å²) in [6.07, 6.45) is 21.1. The van der Waals surface area contributed by atoms with Gasteiger partial charge in [-0.3, -0.25) is 0 Å². The molecule has 2 heteroatoms. The van der Waals surface area contributed by atoms with Crippen LogP contribution in [0, 0.1) is 23.7 Å². The molecule has 0 aliphatic heterocycles. The maximum atomic E-state index is 10.5. The Kier molecular flexibility index (Phi) is 10.1. The van der Waals surface area contributed by atoms with Crippen molar-refractivity contribution in [3.05, 3.63) is 23.8 Å². The van der Waals surface area contributed by atoms with E-state index in [4.69, 9.17) is 0 Å². The minimum Gasteiger partial charge on any atom is -0.392 e. The Morgan fingerprint density at radius 3 is 2.74 bits per heavy atom. The van der Waals surface area contributed by atoms with Crippen molar-refractivity contribution in [3.63, 3.8) is 0 Å². The largest absolute Gasteiger partial charge is 0.392 e. The molecule has 0 heterocycles. The molecule has 2 aliphatic carbocycles. The standard InChI is InChI=1S/C25H45NO/c1-5-6-12-20(2)13-9-10-15-23-24-18-21(17-22(24)19-25(23)27)14-8-7-11-16-26(3)4/h10,15,17,20,22-25,27H,5-9,11-14,16,18-19H2,1-4H3/b15-10+/t20-,22+,23-,24+,25-/m1/s1. The summed E-state index contributed by atoms with van der Waals surface area (Å²) in [5.74, 6) is 2.53. The molecular weight excluding hydrogens is 330 g/mol. The fourth-order valence-corrected chi connectivity index (χ4v) is 5.08. The monoisotopic (exact) mass is 375 g/mol. The molecule has 0 bridgehead atoms. The molecule has 0 spiro atoms. The number of rotatable bonds is 13. The van der Waals surface area contributed by atoms with Crippen LogP contribution >= 0.6 is 0 Å². The normalized spacial score (nSPS) is 28.9. The Bertz CT molecular complexity index is 467. The molecule has 1 saturated carbocycles. The van der Waals surface area contributed by atoms with Gasteiger partial charge < -0.3 is 10.0 Å². The van der Waals surface area contributed by atoms with E-state index in [1.54, 1.807) is 5.57 Å². The van der Waals surface area contributed by atoms with E-state index in [9.17, 15) is 5.11 Å². The summed E-state index contributed by atoms with van der Waals surface area (Å²) in [6, 6.07) is 0. The zero-order chi connectivity index (χ0) is 19.6. The van der Waals surface area contributed by atoms with E-state index in [1.165, 1.54) is 70.8 Å². The molecule has 0 saturated heterocycles. The number of hydrogen-bond acceptors (Lipinski definition) is 2. The lowest BCUT2D eigenvalue weighted by atomic mass is 9.88. The lowest BCUT2D eigenvalue weighted by molar-refractivity contribution is 0.141. The minimum absolute atomic E-state index is 0.119. The Morgan fingerprint density at radius 2 is 2.00 bits per heavy atom. The van der Waals surface area contributed by atoms with Gasteiger partial charge in [0.2, 0.25) is 0 Å². The van der Waals surface area contributed by atoms with Crippen LogP contribution < -0.4 is 0 Å². The topological polar surface area (TPSA) is 23.5 Å². The first-order chi connectivity index (χ1) is 13.0. The van der Waals surface area contributed by atoms with Gasteiger partial charge in [-0.15, -0.1) is 0 Å². The summed E-state index contributed by atoms with van der Waals surface area (Å²) in [5, 5.41) is 10.5. The van der Waals surface area contributed by atoms with Crippen molar-refractivity contribution in [1.82, 2.24) is 4.90 Å². The summed E-state index contributed by atoms with van der Waals surface area (Å²) in [6.45, 7) is 5.87. The zero-order valence-electron chi connectivity index (χ0n) is 18.5. The molecule has 5 atom stereocenters. The van der Waals surface area contributed by atoms with Crippen molar-refractivity contribution >= 4 is 0 Å². The molecule has 27 heavy (non-hydrogen) atoms. The second-order valence-corrected chi connectivity index (χ2v) is 9.60. The summed E-state index contributed by atoms with van der Waals surface area (Å²) in [5.41, 5.74) is 1.67. The van der Waals surface area contributed by atoms with Crippen LogP contribution in [0.15, 0.2) is 23.8 Å². The fraction of sp³-hybridized carbons (Fsp3) is 0.840. The molecule has 1 N–H and O–H groups in total. The first-order valence-electron chi connectivity index (χ1n) is 11.7. The van der Waals surface area contributed by atoms with Crippen LogP contribution in [0.4, 0.5) is 0 Å². The van der Waals surface area contributed by atoms with Gasteiger partial charge in [0.15, 0.2) is 0 Å². The van der Waals surface area contributed by atoms with Gasteiger partial charge in [0.25, 0.3) is 0 Å². The van der Waals surface area contributed by atoms with Gasteiger partial charge in [-0.2, -0.15) is 0 Å². The predicted molar refractivity (Wildman–Crippen MR) is 118 cm³/mol. The van der Waals surface area contributed by atoms with E-state index in [0.29, 0.717) is 17.8 Å². The SMILES string of the molecule is CCCC[C@@H](C)CC/C=C/[C@@H]1[C@H]2CC(CCCCCN(C)C)=C[C@H]2C[C@H]1O. The molecule has 0 radical (unpaired) electrons. The van der Waals surface area contributed by atoms with Crippen molar-refractivity contribution < 1.29 is 5.11 Å². The van der Waals surface area contributed by atoms with Crippen LogP contribution in [-0.2, 0) is 0 Å². The van der Waals surface area contributed by atoms with Crippen molar-refractivity contribution in [2.24, 2.45) is 23.7 Å². The minimum atomic E-state index is -0.119. The van der Waals surface area contributed by atoms with E-state index >= 15 is 0 Å². The van der Waals surface area contributed by atoms with Gasteiger partial charge in [-0.05, 0) is 83.3 Å². The van der Waals surface area contributed by atoms with Gasteiger partial charge in [0.05, 0.1) is 6.10 Å². The second-order valence-electron chi connectivity index (χ2n) is 9.60. The molecule has 1 fully saturated rings. The Labute approximate surface area is 169 Å². The number of aliphatic hydroxyl groups excluding tert-OH is 1. The van der Waals surface area contributed by atoms with Gasteiger partial charge >= 0.3 is 0 Å². The highest BCUT2D eigenvalue weighted by Gasteiger charge is 2.42. The predicted octanol–water partition coefficient (Wildman–Crippen LogP) is 6.21. The number of aliphatic hydroxyl groups is 1. The molecule has 0 aromatic carbocycles. The smallest absolute Gasteiger partial charge is 0.0611 e. The van der Waals surface area contributed by atoms with E-state index in [1.807, 2.05) is 0 Å². The van der Waals surface area contributed by atoms with Crippen LogP contribution in [0.3, 0.4) is 0 Å². The molecule has 0 aromatic heterocycles. The van der Waals surface area contributed by atoms with E-state index in [2.05, 4.69) is 51.1 Å². The second kappa shape index (κ2) is 12.1. The lowest BCUT2D eigenvalue weighted by Crippen LogP contribution is -2.17. The molecule has 0 aromatic rings.